The Morgan fingerprint density at radius 2 is 1.77 bits per heavy atom. The lowest BCUT2D eigenvalue weighted by Gasteiger charge is -2.51. The van der Waals surface area contributed by atoms with E-state index >= 15 is 0 Å². The highest BCUT2D eigenvalue weighted by molar-refractivity contribution is 5.26. The molecule has 0 spiro atoms. The fourth-order valence-corrected chi connectivity index (χ4v) is 5.11. The molecule has 0 N–H and O–H groups in total. The lowest BCUT2D eigenvalue weighted by molar-refractivity contribution is -0.00890. The van der Waals surface area contributed by atoms with Crippen LogP contribution in [0.5, 0.6) is 0 Å². The van der Waals surface area contributed by atoms with Crippen molar-refractivity contribution in [3.8, 4) is 0 Å². The van der Waals surface area contributed by atoms with Crippen LogP contribution in [0.1, 0.15) is 59.8 Å². The molecule has 0 saturated heterocycles. The van der Waals surface area contributed by atoms with Gasteiger partial charge in [0.2, 0.25) is 0 Å². The maximum atomic E-state index is 6.01. The maximum absolute atomic E-state index is 6.01. The van der Waals surface area contributed by atoms with Crippen molar-refractivity contribution in [2.75, 3.05) is 13.2 Å². The van der Waals surface area contributed by atoms with E-state index in [1.165, 1.54) is 31.4 Å². The van der Waals surface area contributed by atoms with Crippen molar-refractivity contribution in [3.63, 3.8) is 0 Å². The van der Waals surface area contributed by atoms with Crippen LogP contribution in [-0.2, 0) is 9.47 Å². The maximum Gasteiger partial charge on any atom is 0.0933 e. The molecule has 3 unspecified atom stereocenters. The molecular weight excluding hydrogens is 272 g/mol. The van der Waals surface area contributed by atoms with Crippen LogP contribution in [0, 0.1) is 28.6 Å². The molecule has 0 bridgehead atoms. The monoisotopic (exact) mass is 304 g/mol. The second-order valence-corrected chi connectivity index (χ2v) is 7.97. The van der Waals surface area contributed by atoms with Crippen molar-refractivity contribution >= 4 is 0 Å². The predicted molar refractivity (Wildman–Crippen MR) is 90.2 cm³/mol. The van der Waals surface area contributed by atoms with Crippen molar-refractivity contribution in [2.24, 2.45) is 28.6 Å². The van der Waals surface area contributed by atoms with Crippen molar-refractivity contribution < 1.29 is 9.47 Å². The van der Waals surface area contributed by atoms with E-state index in [9.17, 15) is 0 Å². The first kappa shape index (κ1) is 16.0. The Labute approximate surface area is 136 Å². The van der Waals surface area contributed by atoms with E-state index < -0.39 is 0 Å². The third-order valence-corrected chi connectivity index (χ3v) is 6.26. The fraction of sp³-hybridized carbons (Fsp3) is 0.800. The molecular formula is C20H32O2. The van der Waals surface area contributed by atoms with Gasteiger partial charge in [-0.25, -0.2) is 0 Å². The zero-order valence-corrected chi connectivity index (χ0v) is 14.8. The zero-order chi connectivity index (χ0) is 16.0. The van der Waals surface area contributed by atoms with Crippen LogP contribution < -0.4 is 0 Å². The SMILES string of the molecule is C=C(OCC)C1C(C)(C2CC2)C=C(OCC)CC1(C)C1CC1. The van der Waals surface area contributed by atoms with Crippen LogP contribution in [0.4, 0.5) is 0 Å². The molecule has 2 nitrogen and oxygen atoms in total. The van der Waals surface area contributed by atoms with Gasteiger partial charge in [-0.05, 0) is 62.9 Å². The molecule has 0 aliphatic heterocycles. The lowest BCUT2D eigenvalue weighted by atomic mass is 9.54. The van der Waals surface area contributed by atoms with E-state index in [1.807, 2.05) is 0 Å². The molecule has 0 aromatic rings. The summed E-state index contributed by atoms with van der Waals surface area (Å²) < 4.78 is 12.0. The molecule has 2 saturated carbocycles. The van der Waals surface area contributed by atoms with Crippen molar-refractivity contribution in [2.45, 2.75) is 59.8 Å². The molecule has 2 heteroatoms. The first-order valence-corrected chi connectivity index (χ1v) is 9.11. The van der Waals surface area contributed by atoms with Crippen molar-refractivity contribution in [3.05, 3.63) is 24.2 Å². The van der Waals surface area contributed by atoms with E-state index in [0.29, 0.717) is 5.92 Å². The van der Waals surface area contributed by atoms with Gasteiger partial charge >= 0.3 is 0 Å². The average molecular weight is 304 g/mol. The Bertz CT molecular complexity index is 472. The fourth-order valence-electron chi connectivity index (χ4n) is 5.11. The van der Waals surface area contributed by atoms with E-state index in [0.717, 1.165) is 37.2 Å². The van der Waals surface area contributed by atoms with Gasteiger partial charge in [-0.3, -0.25) is 0 Å². The minimum Gasteiger partial charge on any atom is -0.499 e. The summed E-state index contributed by atoms with van der Waals surface area (Å²) in [6.45, 7) is 14.9. The Morgan fingerprint density at radius 3 is 2.27 bits per heavy atom. The van der Waals surface area contributed by atoms with E-state index in [1.54, 1.807) is 0 Å². The Balaban J connectivity index is 2.01. The van der Waals surface area contributed by atoms with Crippen LogP contribution in [-0.4, -0.2) is 13.2 Å². The molecule has 0 aromatic heterocycles. The van der Waals surface area contributed by atoms with Crippen LogP contribution in [0.25, 0.3) is 0 Å². The number of allylic oxidation sites excluding steroid dienone is 3. The molecule has 0 aromatic carbocycles. The highest BCUT2D eigenvalue weighted by Gasteiger charge is 2.60. The summed E-state index contributed by atoms with van der Waals surface area (Å²) in [6, 6.07) is 0. The number of hydrogen-bond donors (Lipinski definition) is 0. The molecule has 22 heavy (non-hydrogen) atoms. The number of rotatable bonds is 7. The highest BCUT2D eigenvalue weighted by atomic mass is 16.5. The summed E-state index contributed by atoms with van der Waals surface area (Å²) in [4.78, 5) is 0. The standard InChI is InChI=1S/C20H32O2/c1-6-21-14(3)18-19(4,15-8-9-15)12-17(22-7-2)13-20(18,5)16-10-11-16/h12,15-16,18H,3,6-11,13H2,1-2,4-5H3. The summed E-state index contributed by atoms with van der Waals surface area (Å²) in [5.41, 5.74) is 0.384. The molecule has 0 amide bonds. The summed E-state index contributed by atoms with van der Waals surface area (Å²) in [5, 5.41) is 0. The smallest absolute Gasteiger partial charge is 0.0933 e. The van der Waals surface area contributed by atoms with Gasteiger partial charge in [0.15, 0.2) is 0 Å². The van der Waals surface area contributed by atoms with Gasteiger partial charge < -0.3 is 9.47 Å². The zero-order valence-electron chi connectivity index (χ0n) is 14.8. The molecule has 2 fully saturated rings. The first-order valence-electron chi connectivity index (χ1n) is 9.11. The molecule has 0 heterocycles. The minimum atomic E-state index is 0.145. The number of hydrogen-bond acceptors (Lipinski definition) is 2. The quantitative estimate of drug-likeness (QED) is 0.593. The Hall–Kier alpha value is -0.920. The summed E-state index contributed by atoms with van der Waals surface area (Å²) in [5.74, 6) is 4.22. The Kier molecular flexibility index (Phi) is 4.07. The normalized spacial score (nSPS) is 38.4. The van der Waals surface area contributed by atoms with Crippen molar-refractivity contribution in [1.82, 2.24) is 0 Å². The van der Waals surface area contributed by atoms with Gasteiger partial charge in [-0.1, -0.05) is 20.4 Å². The Morgan fingerprint density at radius 1 is 1.14 bits per heavy atom. The van der Waals surface area contributed by atoms with Gasteiger partial charge in [0.1, 0.15) is 0 Å². The van der Waals surface area contributed by atoms with Crippen LogP contribution in [0.3, 0.4) is 0 Å². The number of ether oxygens (including phenoxy) is 2. The van der Waals surface area contributed by atoms with E-state index in [4.69, 9.17) is 9.47 Å². The summed E-state index contributed by atoms with van der Waals surface area (Å²) in [7, 11) is 0. The van der Waals surface area contributed by atoms with E-state index in [2.05, 4.69) is 40.3 Å². The van der Waals surface area contributed by atoms with Gasteiger partial charge in [0.05, 0.1) is 24.7 Å². The molecule has 3 aliphatic rings. The molecule has 0 radical (unpaired) electrons. The second-order valence-electron chi connectivity index (χ2n) is 7.97. The van der Waals surface area contributed by atoms with Gasteiger partial charge in [0, 0.05) is 17.8 Å². The first-order chi connectivity index (χ1) is 10.5. The van der Waals surface area contributed by atoms with Crippen LogP contribution in [0.2, 0.25) is 0 Å². The van der Waals surface area contributed by atoms with Gasteiger partial charge in [-0.2, -0.15) is 0 Å². The van der Waals surface area contributed by atoms with Crippen LogP contribution in [0.15, 0.2) is 24.2 Å². The molecule has 124 valence electrons. The molecule has 3 aliphatic carbocycles. The molecule has 3 rings (SSSR count). The van der Waals surface area contributed by atoms with Crippen molar-refractivity contribution in [1.29, 1.82) is 0 Å². The highest BCUT2D eigenvalue weighted by Crippen LogP contribution is 2.67. The largest absolute Gasteiger partial charge is 0.499 e. The third kappa shape index (κ3) is 2.59. The lowest BCUT2D eigenvalue weighted by Crippen LogP contribution is -2.46. The third-order valence-electron chi connectivity index (χ3n) is 6.26. The van der Waals surface area contributed by atoms with Gasteiger partial charge in [-0.15, -0.1) is 0 Å². The minimum absolute atomic E-state index is 0.145. The van der Waals surface area contributed by atoms with Crippen LogP contribution >= 0.6 is 0 Å². The predicted octanol–water partition coefficient (Wildman–Crippen LogP) is 5.31. The topological polar surface area (TPSA) is 18.5 Å². The van der Waals surface area contributed by atoms with Gasteiger partial charge in [0.25, 0.3) is 0 Å². The summed E-state index contributed by atoms with van der Waals surface area (Å²) >= 11 is 0. The second kappa shape index (κ2) is 5.62. The summed E-state index contributed by atoms with van der Waals surface area (Å²) in [6.07, 6.45) is 8.86. The van der Waals surface area contributed by atoms with E-state index in [-0.39, 0.29) is 10.8 Å². The average Bonchev–Trinajstić information content (AvgIpc) is 3.29. The molecule has 3 atom stereocenters.